The number of carbonyl (C=O) groups excluding carboxylic acids is 1. The molecule has 0 bridgehead atoms. The first-order valence-electron chi connectivity index (χ1n) is 4.06. The standard InChI is InChI=1S/C10H8N2O2/c11-10(14)8-3-1-2-6-4-7(13)5-12-9(6)8/h1-5,13H,(H2,11,14). The topological polar surface area (TPSA) is 76.2 Å². The zero-order chi connectivity index (χ0) is 10.1. The molecule has 70 valence electrons. The molecule has 0 spiro atoms. The van der Waals surface area contributed by atoms with Gasteiger partial charge < -0.3 is 10.8 Å². The maximum absolute atomic E-state index is 11.0. The van der Waals surface area contributed by atoms with Crippen LogP contribution in [0.2, 0.25) is 0 Å². The molecule has 0 aliphatic heterocycles. The van der Waals surface area contributed by atoms with Gasteiger partial charge in [0.25, 0.3) is 5.91 Å². The molecular formula is C10H8N2O2. The minimum Gasteiger partial charge on any atom is -0.506 e. The lowest BCUT2D eigenvalue weighted by molar-refractivity contribution is 0.100. The van der Waals surface area contributed by atoms with Gasteiger partial charge in [0.15, 0.2) is 0 Å². The van der Waals surface area contributed by atoms with Crippen LogP contribution in [0.4, 0.5) is 0 Å². The number of carbonyl (C=O) groups is 1. The maximum atomic E-state index is 11.0. The van der Waals surface area contributed by atoms with E-state index in [0.717, 1.165) is 0 Å². The van der Waals surface area contributed by atoms with E-state index in [-0.39, 0.29) is 5.75 Å². The van der Waals surface area contributed by atoms with Crippen molar-refractivity contribution >= 4 is 16.8 Å². The molecule has 4 heteroatoms. The highest BCUT2D eigenvalue weighted by Gasteiger charge is 2.07. The van der Waals surface area contributed by atoms with E-state index in [4.69, 9.17) is 5.73 Å². The molecule has 3 N–H and O–H groups in total. The summed E-state index contributed by atoms with van der Waals surface area (Å²) in [4.78, 5) is 15.0. The van der Waals surface area contributed by atoms with Crippen LogP contribution in [0.3, 0.4) is 0 Å². The minimum absolute atomic E-state index is 0.0686. The molecule has 1 heterocycles. The lowest BCUT2D eigenvalue weighted by Gasteiger charge is -2.01. The van der Waals surface area contributed by atoms with E-state index in [1.54, 1.807) is 18.2 Å². The number of fused-ring (bicyclic) bond motifs is 1. The molecule has 0 unspecified atom stereocenters. The molecular weight excluding hydrogens is 180 g/mol. The van der Waals surface area contributed by atoms with Gasteiger partial charge in [-0.3, -0.25) is 9.78 Å². The number of pyridine rings is 1. The van der Waals surface area contributed by atoms with Gasteiger partial charge in [0, 0.05) is 5.39 Å². The highest BCUT2D eigenvalue weighted by atomic mass is 16.3. The van der Waals surface area contributed by atoms with Crippen LogP contribution in [0.25, 0.3) is 10.9 Å². The molecule has 2 rings (SSSR count). The SMILES string of the molecule is NC(=O)c1cccc2cc(O)cnc12. The normalized spacial score (nSPS) is 10.3. The van der Waals surface area contributed by atoms with Gasteiger partial charge in [0.1, 0.15) is 5.75 Å². The molecule has 0 aliphatic carbocycles. The zero-order valence-corrected chi connectivity index (χ0v) is 7.27. The van der Waals surface area contributed by atoms with Crippen LogP contribution in [0.1, 0.15) is 10.4 Å². The fourth-order valence-electron chi connectivity index (χ4n) is 1.35. The van der Waals surface area contributed by atoms with Crippen molar-refractivity contribution in [2.75, 3.05) is 0 Å². The van der Waals surface area contributed by atoms with Crippen LogP contribution in [0.5, 0.6) is 5.75 Å². The Labute approximate surface area is 80.0 Å². The van der Waals surface area contributed by atoms with Gasteiger partial charge in [-0.1, -0.05) is 12.1 Å². The summed E-state index contributed by atoms with van der Waals surface area (Å²) in [5.74, 6) is -0.451. The highest BCUT2D eigenvalue weighted by Crippen LogP contribution is 2.19. The van der Waals surface area contributed by atoms with E-state index in [2.05, 4.69) is 4.98 Å². The van der Waals surface area contributed by atoms with Gasteiger partial charge >= 0.3 is 0 Å². The summed E-state index contributed by atoms with van der Waals surface area (Å²) in [7, 11) is 0. The van der Waals surface area contributed by atoms with E-state index in [9.17, 15) is 9.90 Å². The number of rotatable bonds is 1. The maximum Gasteiger partial charge on any atom is 0.250 e. The second-order valence-corrected chi connectivity index (χ2v) is 2.94. The van der Waals surface area contributed by atoms with Gasteiger partial charge in [-0.25, -0.2) is 0 Å². The first kappa shape index (κ1) is 8.50. The zero-order valence-electron chi connectivity index (χ0n) is 7.27. The number of amides is 1. The van der Waals surface area contributed by atoms with Gasteiger partial charge in [0.2, 0.25) is 0 Å². The van der Waals surface area contributed by atoms with Crippen molar-refractivity contribution in [3.05, 3.63) is 36.0 Å². The Morgan fingerprint density at radius 1 is 1.43 bits per heavy atom. The average molecular weight is 188 g/mol. The first-order chi connectivity index (χ1) is 6.68. The molecule has 1 amide bonds. The summed E-state index contributed by atoms with van der Waals surface area (Å²) in [5, 5.41) is 9.88. The Hall–Kier alpha value is -2.10. The van der Waals surface area contributed by atoms with E-state index in [0.29, 0.717) is 16.5 Å². The molecule has 14 heavy (non-hydrogen) atoms. The van der Waals surface area contributed by atoms with Crippen molar-refractivity contribution in [1.82, 2.24) is 4.98 Å². The van der Waals surface area contributed by atoms with E-state index in [1.165, 1.54) is 12.3 Å². The molecule has 0 radical (unpaired) electrons. The van der Waals surface area contributed by atoms with Gasteiger partial charge in [0.05, 0.1) is 17.3 Å². The fourth-order valence-corrected chi connectivity index (χ4v) is 1.35. The molecule has 0 saturated carbocycles. The number of hydrogen-bond donors (Lipinski definition) is 2. The Balaban J connectivity index is 2.81. The number of primary amides is 1. The number of para-hydroxylation sites is 1. The number of hydrogen-bond acceptors (Lipinski definition) is 3. The summed E-state index contributed by atoms with van der Waals surface area (Å²) in [5.41, 5.74) is 6.05. The van der Waals surface area contributed by atoms with Gasteiger partial charge in [-0.05, 0) is 12.1 Å². The number of benzene rings is 1. The number of nitrogens with zero attached hydrogens (tertiary/aromatic N) is 1. The van der Waals surface area contributed by atoms with E-state index in [1.807, 2.05) is 0 Å². The Morgan fingerprint density at radius 3 is 2.93 bits per heavy atom. The smallest absolute Gasteiger partial charge is 0.250 e. The highest BCUT2D eigenvalue weighted by molar-refractivity contribution is 6.04. The predicted molar refractivity (Wildman–Crippen MR) is 51.9 cm³/mol. The average Bonchev–Trinajstić information content (AvgIpc) is 2.16. The number of aromatic nitrogens is 1. The van der Waals surface area contributed by atoms with E-state index < -0.39 is 5.91 Å². The summed E-state index contributed by atoms with van der Waals surface area (Å²) in [6, 6.07) is 6.60. The molecule has 0 saturated heterocycles. The van der Waals surface area contributed by atoms with Crippen LogP contribution < -0.4 is 5.73 Å². The van der Waals surface area contributed by atoms with Crippen molar-refractivity contribution < 1.29 is 9.90 Å². The quantitative estimate of drug-likeness (QED) is 0.701. The molecule has 1 aromatic heterocycles. The van der Waals surface area contributed by atoms with Crippen LogP contribution in [0.15, 0.2) is 30.5 Å². The van der Waals surface area contributed by atoms with Crippen molar-refractivity contribution in [1.29, 1.82) is 0 Å². The molecule has 0 atom stereocenters. The Bertz CT molecular complexity index is 508. The second kappa shape index (κ2) is 2.99. The number of aromatic hydroxyl groups is 1. The summed E-state index contributed by atoms with van der Waals surface area (Å²) in [6.07, 6.45) is 1.29. The van der Waals surface area contributed by atoms with Crippen molar-refractivity contribution in [2.24, 2.45) is 5.73 Å². The monoisotopic (exact) mass is 188 g/mol. The van der Waals surface area contributed by atoms with Crippen LogP contribution >= 0.6 is 0 Å². The molecule has 2 aromatic rings. The second-order valence-electron chi connectivity index (χ2n) is 2.94. The van der Waals surface area contributed by atoms with Crippen molar-refractivity contribution in [3.63, 3.8) is 0 Å². The Morgan fingerprint density at radius 2 is 2.21 bits per heavy atom. The van der Waals surface area contributed by atoms with Gasteiger partial charge in [-0.2, -0.15) is 0 Å². The van der Waals surface area contributed by atoms with Crippen LogP contribution in [0, 0.1) is 0 Å². The molecule has 4 nitrogen and oxygen atoms in total. The molecule has 0 aliphatic rings. The summed E-state index contributed by atoms with van der Waals surface area (Å²) < 4.78 is 0. The minimum atomic E-state index is -0.520. The fraction of sp³-hybridized carbons (Fsp3) is 0. The third kappa shape index (κ3) is 1.26. The lowest BCUT2D eigenvalue weighted by atomic mass is 10.1. The lowest BCUT2D eigenvalue weighted by Crippen LogP contribution is -2.11. The first-order valence-corrected chi connectivity index (χ1v) is 4.06. The van der Waals surface area contributed by atoms with Gasteiger partial charge in [-0.15, -0.1) is 0 Å². The van der Waals surface area contributed by atoms with Crippen molar-refractivity contribution in [3.8, 4) is 5.75 Å². The largest absolute Gasteiger partial charge is 0.506 e. The van der Waals surface area contributed by atoms with Crippen molar-refractivity contribution in [2.45, 2.75) is 0 Å². The van der Waals surface area contributed by atoms with Crippen LogP contribution in [-0.4, -0.2) is 16.0 Å². The third-order valence-electron chi connectivity index (χ3n) is 1.96. The summed E-state index contributed by atoms with van der Waals surface area (Å²) in [6.45, 7) is 0. The Kier molecular flexibility index (Phi) is 1.81. The number of nitrogens with two attached hydrogens (primary N) is 1. The van der Waals surface area contributed by atoms with Crippen LogP contribution in [-0.2, 0) is 0 Å². The third-order valence-corrected chi connectivity index (χ3v) is 1.96. The molecule has 1 aromatic carbocycles. The predicted octanol–water partition coefficient (Wildman–Crippen LogP) is 1.04. The summed E-state index contributed by atoms with van der Waals surface area (Å²) >= 11 is 0. The van der Waals surface area contributed by atoms with E-state index >= 15 is 0 Å². The molecule has 0 fully saturated rings.